The number of hydrogen-bond donors (Lipinski definition) is 5. The molecule has 25 heavy (non-hydrogen) atoms. The zero-order valence-corrected chi connectivity index (χ0v) is 13.2. The number of fused-ring (bicyclic) bond motifs is 1. The number of urea groups is 1. The number of aromatic nitrogens is 1. The SMILES string of the molecule is O=C1NCC(C(=O)N[C@@H](CO)C(=O)Nc2ccc3ncccc3c2)N1. The van der Waals surface area contributed by atoms with Gasteiger partial charge in [0.05, 0.1) is 12.1 Å². The topological polar surface area (TPSA) is 132 Å². The number of hydrogen-bond acceptors (Lipinski definition) is 5. The summed E-state index contributed by atoms with van der Waals surface area (Å²) in [6.07, 6.45) is 1.68. The highest BCUT2D eigenvalue weighted by Crippen LogP contribution is 2.17. The van der Waals surface area contributed by atoms with E-state index in [9.17, 15) is 19.5 Å². The summed E-state index contributed by atoms with van der Waals surface area (Å²) in [5.41, 5.74) is 1.31. The first-order valence-corrected chi connectivity index (χ1v) is 7.68. The van der Waals surface area contributed by atoms with Crippen LogP contribution in [-0.2, 0) is 9.59 Å². The Morgan fingerprint density at radius 2 is 2.20 bits per heavy atom. The van der Waals surface area contributed by atoms with Crippen molar-refractivity contribution in [1.82, 2.24) is 20.9 Å². The number of amides is 4. The first-order chi connectivity index (χ1) is 12.1. The zero-order valence-electron chi connectivity index (χ0n) is 13.2. The normalized spacial score (nSPS) is 17.5. The van der Waals surface area contributed by atoms with Gasteiger partial charge in [-0.3, -0.25) is 14.6 Å². The van der Waals surface area contributed by atoms with E-state index in [-0.39, 0.29) is 6.54 Å². The molecule has 1 saturated heterocycles. The fourth-order valence-corrected chi connectivity index (χ4v) is 2.46. The van der Waals surface area contributed by atoms with Gasteiger partial charge in [0.15, 0.2) is 0 Å². The molecule has 130 valence electrons. The Hall–Kier alpha value is -3.20. The predicted octanol–water partition coefficient (Wildman–Crippen LogP) is -0.668. The Bertz CT molecular complexity index is 825. The van der Waals surface area contributed by atoms with Crippen molar-refractivity contribution >= 4 is 34.4 Å². The lowest BCUT2D eigenvalue weighted by Crippen LogP contribution is -2.52. The van der Waals surface area contributed by atoms with Crippen molar-refractivity contribution in [2.45, 2.75) is 12.1 Å². The molecule has 3 rings (SSSR count). The monoisotopic (exact) mass is 343 g/mol. The number of nitrogens with one attached hydrogen (secondary N) is 4. The third-order valence-electron chi connectivity index (χ3n) is 3.77. The van der Waals surface area contributed by atoms with E-state index in [1.165, 1.54) is 0 Å². The summed E-state index contributed by atoms with van der Waals surface area (Å²) in [6, 6.07) is 6.48. The molecular weight excluding hydrogens is 326 g/mol. The summed E-state index contributed by atoms with van der Waals surface area (Å²) < 4.78 is 0. The lowest BCUT2D eigenvalue weighted by Gasteiger charge is -2.18. The predicted molar refractivity (Wildman–Crippen MR) is 89.7 cm³/mol. The summed E-state index contributed by atoms with van der Waals surface area (Å²) in [6.45, 7) is -0.442. The van der Waals surface area contributed by atoms with E-state index in [4.69, 9.17) is 0 Å². The van der Waals surface area contributed by atoms with Gasteiger partial charge in [0.25, 0.3) is 0 Å². The molecule has 5 N–H and O–H groups in total. The van der Waals surface area contributed by atoms with Gasteiger partial charge in [-0.05, 0) is 24.3 Å². The van der Waals surface area contributed by atoms with E-state index in [0.29, 0.717) is 5.69 Å². The maximum Gasteiger partial charge on any atom is 0.315 e. The van der Waals surface area contributed by atoms with Gasteiger partial charge in [-0.1, -0.05) is 6.07 Å². The fraction of sp³-hybridized carbons (Fsp3) is 0.250. The summed E-state index contributed by atoms with van der Waals surface area (Å²) in [7, 11) is 0. The molecule has 0 bridgehead atoms. The molecule has 1 aliphatic heterocycles. The van der Waals surface area contributed by atoms with E-state index in [1.54, 1.807) is 30.5 Å². The maximum absolute atomic E-state index is 12.3. The molecule has 2 atom stereocenters. The van der Waals surface area contributed by atoms with Gasteiger partial charge >= 0.3 is 6.03 Å². The van der Waals surface area contributed by atoms with Gasteiger partial charge in [0, 0.05) is 23.8 Å². The van der Waals surface area contributed by atoms with Gasteiger partial charge in [-0.15, -0.1) is 0 Å². The number of aliphatic hydroxyl groups excluding tert-OH is 1. The van der Waals surface area contributed by atoms with Crippen LogP contribution in [0.4, 0.5) is 10.5 Å². The van der Waals surface area contributed by atoms with Gasteiger partial charge in [-0.25, -0.2) is 4.79 Å². The van der Waals surface area contributed by atoms with Crippen LogP contribution in [0, 0.1) is 0 Å². The molecule has 0 radical (unpaired) electrons. The first kappa shape index (κ1) is 16.7. The van der Waals surface area contributed by atoms with Gasteiger partial charge in [0.2, 0.25) is 11.8 Å². The summed E-state index contributed by atoms with van der Waals surface area (Å²) in [5.74, 6) is -1.10. The summed E-state index contributed by atoms with van der Waals surface area (Å²) in [5, 5.41) is 20.2. The minimum atomic E-state index is -1.13. The standard InChI is InChI=1S/C16H17N5O4/c22-8-13(20-14(23)12-7-18-16(25)21-12)15(24)19-10-3-4-11-9(6-10)2-1-5-17-11/h1-6,12-13,22H,7-8H2,(H,19,24)(H,20,23)(H2,18,21,25)/t12?,13-/m0/s1. The Morgan fingerprint density at radius 1 is 1.36 bits per heavy atom. The van der Waals surface area contributed by atoms with Crippen LogP contribution in [0.25, 0.3) is 10.9 Å². The third kappa shape index (κ3) is 3.83. The molecule has 1 fully saturated rings. The quantitative estimate of drug-likeness (QED) is 0.491. The number of benzene rings is 1. The molecule has 0 aliphatic carbocycles. The van der Waals surface area contributed by atoms with Crippen LogP contribution in [0.15, 0.2) is 36.5 Å². The van der Waals surface area contributed by atoms with Crippen molar-refractivity contribution in [2.75, 3.05) is 18.5 Å². The fourth-order valence-electron chi connectivity index (χ4n) is 2.46. The minimum absolute atomic E-state index is 0.127. The van der Waals surface area contributed by atoms with Crippen LogP contribution < -0.4 is 21.3 Å². The van der Waals surface area contributed by atoms with Gasteiger partial charge in [-0.2, -0.15) is 0 Å². The Balaban J connectivity index is 1.64. The lowest BCUT2D eigenvalue weighted by atomic mass is 10.2. The van der Waals surface area contributed by atoms with E-state index in [1.807, 2.05) is 6.07 Å². The molecule has 0 saturated carbocycles. The highest BCUT2D eigenvalue weighted by molar-refractivity contribution is 6.00. The number of anilines is 1. The van der Waals surface area contributed by atoms with Gasteiger partial charge < -0.3 is 26.4 Å². The second kappa shape index (κ2) is 7.14. The highest BCUT2D eigenvalue weighted by Gasteiger charge is 2.30. The summed E-state index contributed by atoms with van der Waals surface area (Å²) in [4.78, 5) is 39.6. The van der Waals surface area contributed by atoms with Crippen molar-refractivity contribution in [3.05, 3.63) is 36.5 Å². The second-order valence-corrected chi connectivity index (χ2v) is 5.55. The Kier molecular flexibility index (Phi) is 4.75. The third-order valence-corrected chi connectivity index (χ3v) is 3.77. The molecule has 0 spiro atoms. The van der Waals surface area contributed by atoms with Crippen LogP contribution in [0.5, 0.6) is 0 Å². The number of carbonyl (C=O) groups excluding carboxylic acids is 3. The number of carbonyl (C=O) groups is 3. The van der Waals surface area contributed by atoms with Crippen LogP contribution in [-0.4, -0.2) is 53.2 Å². The van der Waals surface area contributed by atoms with Crippen molar-refractivity contribution < 1.29 is 19.5 Å². The number of rotatable bonds is 5. The van der Waals surface area contributed by atoms with Crippen LogP contribution in [0.2, 0.25) is 0 Å². The molecule has 9 nitrogen and oxygen atoms in total. The van der Waals surface area contributed by atoms with Crippen molar-refractivity contribution in [3.63, 3.8) is 0 Å². The minimum Gasteiger partial charge on any atom is -0.394 e. The Labute approximate surface area is 142 Å². The van der Waals surface area contributed by atoms with Crippen molar-refractivity contribution in [3.8, 4) is 0 Å². The molecule has 1 unspecified atom stereocenters. The molecule has 1 aliphatic rings. The number of pyridine rings is 1. The largest absolute Gasteiger partial charge is 0.394 e. The average Bonchev–Trinajstić information content (AvgIpc) is 3.05. The molecule has 2 heterocycles. The van der Waals surface area contributed by atoms with Crippen LogP contribution >= 0.6 is 0 Å². The average molecular weight is 343 g/mol. The van der Waals surface area contributed by atoms with E-state index < -0.39 is 36.5 Å². The Morgan fingerprint density at radius 3 is 2.92 bits per heavy atom. The number of nitrogens with zero attached hydrogens (tertiary/aromatic N) is 1. The lowest BCUT2D eigenvalue weighted by molar-refractivity contribution is -0.128. The molecule has 1 aromatic carbocycles. The van der Waals surface area contributed by atoms with Gasteiger partial charge in [0.1, 0.15) is 12.1 Å². The second-order valence-electron chi connectivity index (χ2n) is 5.55. The first-order valence-electron chi connectivity index (χ1n) is 7.68. The van der Waals surface area contributed by atoms with Crippen molar-refractivity contribution in [1.29, 1.82) is 0 Å². The van der Waals surface area contributed by atoms with Crippen LogP contribution in [0.3, 0.4) is 0 Å². The van der Waals surface area contributed by atoms with E-state index in [2.05, 4.69) is 26.3 Å². The maximum atomic E-state index is 12.3. The van der Waals surface area contributed by atoms with Crippen LogP contribution in [0.1, 0.15) is 0 Å². The molecule has 4 amide bonds. The zero-order chi connectivity index (χ0) is 17.8. The summed E-state index contributed by atoms with van der Waals surface area (Å²) >= 11 is 0. The van der Waals surface area contributed by atoms with Crippen molar-refractivity contribution in [2.24, 2.45) is 0 Å². The molecule has 1 aromatic heterocycles. The molecule has 2 aromatic rings. The molecule has 9 heteroatoms. The molecular formula is C16H17N5O4. The van der Waals surface area contributed by atoms with E-state index >= 15 is 0 Å². The smallest absolute Gasteiger partial charge is 0.315 e. The number of aliphatic hydroxyl groups is 1. The van der Waals surface area contributed by atoms with E-state index in [0.717, 1.165) is 10.9 Å². The highest BCUT2D eigenvalue weighted by atomic mass is 16.3.